The number of hydrogen-bond donors (Lipinski definition) is 1. The number of aryl methyl sites for hydroxylation is 1. The zero-order valence-electron chi connectivity index (χ0n) is 10.6. The van der Waals surface area contributed by atoms with E-state index in [0.29, 0.717) is 24.4 Å². The molecule has 0 unspecified atom stereocenters. The number of nitrogens with one attached hydrogen (secondary N) is 1. The van der Waals surface area contributed by atoms with E-state index < -0.39 is 10.0 Å². The Hall–Kier alpha value is -0.940. The van der Waals surface area contributed by atoms with Crippen molar-refractivity contribution in [3.8, 4) is 5.75 Å². The van der Waals surface area contributed by atoms with Gasteiger partial charge in [-0.2, -0.15) is 0 Å². The van der Waals surface area contributed by atoms with Gasteiger partial charge in [0.2, 0.25) is 10.0 Å². The number of alkyl halides is 1. The number of benzene rings is 1. The van der Waals surface area contributed by atoms with E-state index in [1.165, 1.54) is 0 Å². The SMILES string of the molecule is COc1ccc(NS(=O)(=O)CCCCCl)cc1C. The summed E-state index contributed by atoms with van der Waals surface area (Å²) >= 11 is 5.52. The average molecular weight is 292 g/mol. The minimum atomic E-state index is -3.29. The van der Waals surface area contributed by atoms with E-state index in [0.717, 1.165) is 11.3 Å². The van der Waals surface area contributed by atoms with Gasteiger partial charge in [-0.15, -0.1) is 11.6 Å². The molecule has 1 aromatic carbocycles. The second-order valence-electron chi connectivity index (χ2n) is 4.00. The molecule has 0 atom stereocenters. The van der Waals surface area contributed by atoms with Crippen LogP contribution in [0.2, 0.25) is 0 Å². The van der Waals surface area contributed by atoms with Gasteiger partial charge in [0.1, 0.15) is 5.75 Å². The molecule has 0 saturated heterocycles. The van der Waals surface area contributed by atoms with Gasteiger partial charge in [0.25, 0.3) is 0 Å². The number of halogens is 1. The molecule has 102 valence electrons. The first-order chi connectivity index (χ1) is 8.48. The van der Waals surface area contributed by atoms with Crippen LogP contribution in [0.25, 0.3) is 0 Å². The molecule has 0 saturated carbocycles. The van der Waals surface area contributed by atoms with Gasteiger partial charge in [0.05, 0.1) is 12.9 Å². The van der Waals surface area contributed by atoms with Gasteiger partial charge in [0, 0.05) is 11.6 Å². The van der Waals surface area contributed by atoms with Gasteiger partial charge in [-0.1, -0.05) is 0 Å². The van der Waals surface area contributed by atoms with Crippen molar-refractivity contribution in [1.29, 1.82) is 0 Å². The minimum Gasteiger partial charge on any atom is -0.496 e. The second kappa shape index (κ2) is 6.85. The van der Waals surface area contributed by atoms with E-state index >= 15 is 0 Å². The monoisotopic (exact) mass is 291 g/mol. The number of sulfonamides is 1. The van der Waals surface area contributed by atoms with Gasteiger partial charge in [0.15, 0.2) is 0 Å². The minimum absolute atomic E-state index is 0.0881. The Morgan fingerprint density at radius 1 is 1.33 bits per heavy atom. The average Bonchev–Trinajstić information content (AvgIpc) is 2.29. The third kappa shape index (κ3) is 4.74. The van der Waals surface area contributed by atoms with Crippen molar-refractivity contribution in [1.82, 2.24) is 0 Å². The highest BCUT2D eigenvalue weighted by atomic mass is 35.5. The Bertz CT molecular complexity index is 488. The Morgan fingerprint density at radius 3 is 2.61 bits per heavy atom. The van der Waals surface area contributed by atoms with Crippen molar-refractivity contribution in [2.24, 2.45) is 0 Å². The second-order valence-corrected chi connectivity index (χ2v) is 6.22. The lowest BCUT2D eigenvalue weighted by atomic mass is 10.2. The van der Waals surface area contributed by atoms with Gasteiger partial charge in [-0.3, -0.25) is 4.72 Å². The summed E-state index contributed by atoms with van der Waals surface area (Å²) < 4.78 is 31.2. The number of unbranched alkanes of at least 4 members (excludes halogenated alkanes) is 1. The van der Waals surface area contributed by atoms with Crippen LogP contribution in [0.4, 0.5) is 5.69 Å². The first kappa shape index (κ1) is 15.1. The predicted molar refractivity (Wildman–Crippen MR) is 75.1 cm³/mol. The largest absolute Gasteiger partial charge is 0.496 e. The molecule has 0 aromatic heterocycles. The smallest absolute Gasteiger partial charge is 0.232 e. The summed E-state index contributed by atoms with van der Waals surface area (Å²) in [5.74, 6) is 1.31. The number of methoxy groups -OCH3 is 1. The quantitative estimate of drug-likeness (QED) is 0.621. The lowest BCUT2D eigenvalue weighted by molar-refractivity contribution is 0.412. The standard InChI is InChI=1S/C12H18ClNO3S/c1-10-9-11(5-6-12(10)17-2)14-18(15,16)8-4-3-7-13/h5-6,9,14H,3-4,7-8H2,1-2H3. The summed E-state index contributed by atoms with van der Waals surface area (Å²) in [7, 11) is -1.71. The molecule has 0 aliphatic carbocycles. The third-order valence-corrected chi connectivity index (χ3v) is 4.10. The lowest BCUT2D eigenvalue weighted by Crippen LogP contribution is -2.16. The predicted octanol–water partition coefficient (Wildman–Crippen LogP) is 2.76. The van der Waals surface area contributed by atoms with E-state index in [2.05, 4.69) is 4.72 Å². The first-order valence-corrected chi connectivity index (χ1v) is 7.88. The molecule has 1 rings (SSSR count). The molecule has 0 amide bonds. The maximum absolute atomic E-state index is 11.8. The van der Waals surface area contributed by atoms with Crippen molar-refractivity contribution in [2.75, 3.05) is 23.5 Å². The molecule has 0 fully saturated rings. The van der Waals surface area contributed by atoms with Crippen molar-refractivity contribution < 1.29 is 13.2 Å². The summed E-state index contributed by atoms with van der Waals surface area (Å²) in [5, 5.41) is 0. The highest BCUT2D eigenvalue weighted by Crippen LogP contribution is 2.22. The van der Waals surface area contributed by atoms with E-state index in [9.17, 15) is 8.42 Å². The molecule has 0 aliphatic heterocycles. The zero-order chi connectivity index (χ0) is 13.6. The number of hydrogen-bond acceptors (Lipinski definition) is 3. The molecular formula is C12H18ClNO3S. The van der Waals surface area contributed by atoms with Gasteiger partial charge in [-0.05, 0) is 43.5 Å². The van der Waals surface area contributed by atoms with Crippen LogP contribution >= 0.6 is 11.6 Å². The van der Waals surface area contributed by atoms with Crippen LogP contribution < -0.4 is 9.46 Å². The summed E-state index contributed by atoms with van der Waals surface area (Å²) in [6.45, 7) is 1.87. The molecule has 6 heteroatoms. The summed E-state index contributed by atoms with van der Waals surface area (Å²) in [5.41, 5.74) is 1.44. The van der Waals surface area contributed by atoms with Crippen LogP contribution in [0.5, 0.6) is 5.75 Å². The Labute approximate surface area is 113 Å². The normalized spacial score (nSPS) is 11.3. The molecule has 0 bridgehead atoms. The Balaban J connectivity index is 2.69. The van der Waals surface area contributed by atoms with Crippen LogP contribution in [0.1, 0.15) is 18.4 Å². The summed E-state index contributed by atoms with van der Waals surface area (Å²) in [4.78, 5) is 0. The van der Waals surface area contributed by atoms with E-state index in [1.54, 1.807) is 25.3 Å². The molecule has 0 spiro atoms. The maximum Gasteiger partial charge on any atom is 0.232 e. The number of anilines is 1. The topological polar surface area (TPSA) is 55.4 Å². The zero-order valence-corrected chi connectivity index (χ0v) is 12.1. The number of ether oxygens (including phenoxy) is 1. The number of rotatable bonds is 7. The third-order valence-electron chi connectivity index (χ3n) is 2.46. The van der Waals surface area contributed by atoms with Gasteiger partial charge in [-0.25, -0.2) is 8.42 Å². The van der Waals surface area contributed by atoms with E-state index in [-0.39, 0.29) is 5.75 Å². The summed E-state index contributed by atoms with van der Waals surface area (Å²) in [6.07, 6.45) is 1.26. The van der Waals surface area contributed by atoms with Gasteiger partial charge >= 0.3 is 0 Å². The fourth-order valence-electron chi connectivity index (χ4n) is 1.56. The molecule has 0 radical (unpaired) electrons. The molecule has 1 N–H and O–H groups in total. The molecule has 0 heterocycles. The highest BCUT2D eigenvalue weighted by Gasteiger charge is 2.10. The van der Waals surface area contributed by atoms with Crippen LogP contribution in [0, 0.1) is 6.92 Å². The molecular weight excluding hydrogens is 274 g/mol. The van der Waals surface area contributed by atoms with Crippen LogP contribution in [0.15, 0.2) is 18.2 Å². The van der Waals surface area contributed by atoms with E-state index in [4.69, 9.17) is 16.3 Å². The molecule has 18 heavy (non-hydrogen) atoms. The lowest BCUT2D eigenvalue weighted by Gasteiger charge is -2.10. The Morgan fingerprint density at radius 2 is 2.06 bits per heavy atom. The van der Waals surface area contributed by atoms with Crippen molar-refractivity contribution in [3.05, 3.63) is 23.8 Å². The van der Waals surface area contributed by atoms with Crippen molar-refractivity contribution in [2.45, 2.75) is 19.8 Å². The van der Waals surface area contributed by atoms with Crippen LogP contribution in [-0.4, -0.2) is 27.2 Å². The van der Waals surface area contributed by atoms with Crippen molar-refractivity contribution >= 4 is 27.3 Å². The Kier molecular flexibility index (Phi) is 5.75. The van der Waals surface area contributed by atoms with Gasteiger partial charge < -0.3 is 4.74 Å². The highest BCUT2D eigenvalue weighted by molar-refractivity contribution is 7.92. The van der Waals surface area contributed by atoms with Crippen LogP contribution in [0.3, 0.4) is 0 Å². The maximum atomic E-state index is 11.8. The molecule has 1 aromatic rings. The first-order valence-electron chi connectivity index (χ1n) is 5.69. The van der Waals surface area contributed by atoms with E-state index in [1.807, 2.05) is 6.92 Å². The molecule has 0 aliphatic rings. The summed E-state index contributed by atoms with van der Waals surface area (Å²) in [6, 6.07) is 5.18. The molecule has 4 nitrogen and oxygen atoms in total. The van der Waals surface area contributed by atoms with Crippen molar-refractivity contribution in [3.63, 3.8) is 0 Å². The van der Waals surface area contributed by atoms with Crippen LogP contribution in [-0.2, 0) is 10.0 Å². The fraction of sp³-hybridized carbons (Fsp3) is 0.500. The fourth-order valence-corrected chi connectivity index (χ4v) is 2.92.